The summed E-state index contributed by atoms with van der Waals surface area (Å²) in [5, 5.41) is 12.6. The van der Waals surface area contributed by atoms with Crippen LogP contribution in [0.15, 0.2) is 48.5 Å². The minimum Gasteiger partial charge on any atom is -0.507 e. The molecular formula is C58H85O4P. The molecule has 4 aromatic carbocycles. The molecule has 0 saturated heterocycles. The number of fused-ring (bicyclic) bond motifs is 2. The normalized spacial score (nSPS) is 17.0. The Morgan fingerprint density at radius 1 is 0.397 bits per heavy atom. The monoisotopic (exact) mass is 877 g/mol. The molecule has 1 aliphatic rings. The van der Waals surface area contributed by atoms with Gasteiger partial charge in [-0.2, -0.15) is 0 Å². The molecule has 1 N–H and O–H groups in total. The summed E-state index contributed by atoms with van der Waals surface area (Å²) < 4.78 is 22.5. The molecule has 5 rings (SSSR count). The van der Waals surface area contributed by atoms with E-state index in [-0.39, 0.29) is 55.0 Å². The van der Waals surface area contributed by atoms with Crippen molar-refractivity contribution in [3.8, 4) is 34.1 Å². The first-order valence-corrected chi connectivity index (χ1v) is 24.5. The van der Waals surface area contributed by atoms with Gasteiger partial charge in [-0.15, -0.1) is 0 Å². The number of rotatable bonds is 3. The van der Waals surface area contributed by atoms with Crippen LogP contribution in [0.5, 0.6) is 23.0 Å². The van der Waals surface area contributed by atoms with Crippen LogP contribution in [0.4, 0.5) is 0 Å². The summed E-state index contributed by atoms with van der Waals surface area (Å²) in [5.74, 6) is 2.56. The summed E-state index contributed by atoms with van der Waals surface area (Å²) in [5.41, 5.74) is 11.2. The van der Waals surface area contributed by atoms with E-state index in [1.807, 2.05) is 0 Å². The minimum atomic E-state index is -2.15. The standard InChI is InChI=1S/C58H85O4P/c1-34-39-26-35(51(2,3)4)31-44(56(17,18)19)48(39)60-63(61-49-40(34)27-36(52(5,6)7)32-45(49)57(20,21)22)62-50-42(29-38(54(11,12)13)33-46(50)58(23,24)25)41-28-37(53(8,9)10)30-43(47(41)59)55(14,15)16/h26-34,59H,1-25H3. The molecular weight excluding hydrogens is 792 g/mol. The van der Waals surface area contributed by atoms with Gasteiger partial charge >= 0.3 is 8.60 Å². The minimum absolute atomic E-state index is 0.0429. The first-order valence-electron chi connectivity index (χ1n) is 23.4. The first-order chi connectivity index (χ1) is 28.1. The maximum Gasteiger partial charge on any atom is 0.530 e. The zero-order valence-electron chi connectivity index (χ0n) is 44.3. The molecule has 4 nitrogen and oxygen atoms in total. The second-order valence-corrected chi connectivity index (χ2v) is 27.9. The second-order valence-electron chi connectivity index (χ2n) is 26.9. The van der Waals surface area contributed by atoms with Gasteiger partial charge in [-0.3, -0.25) is 0 Å². The summed E-state index contributed by atoms with van der Waals surface area (Å²) in [6.45, 7) is 56.5. The van der Waals surface area contributed by atoms with E-state index in [1.165, 1.54) is 16.7 Å². The van der Waals surface area contributed by atoms with Gasteiger partial charge in [0.25, 0.3) is 0 Å². The number of hydrogen-bond donors (Lipinski definition) is 1. The maximum absolute atomic E-state index is 12.6. The lowest BCUT2D eigenvalue weighted by Gasteiger charge is -2.37. The van der Waals surface area contributed by atoms with E-state index < -0.39 is 8.60 Å². The van der Waals surface area contributed by atoms with Gasteiger partial charge in [0.05, 0.1) is 0 Å². The molecule has 0 fully saturated rings. The van der Waals surface area contributed by atoms with Crippen LogP contribution in [0.25, 0.3) is 11.1 Å². The second kappa shape index (κ2) is 16.1. The summed E-state index contributed by atoms with van der Waals surface area (Å²) in [7, 11) is -2.15. The Kier molecular flexibility index (Phi) is 12.9. The molecule has 1 heterocycles. The smallest absolute Gasteiger partial charge is 0.507 e. The Balaban J connectivity index is 2.00. The molecule has 0 atom stereocenters. The van der Waals surface area contributed by atoms with E-state index in [9.17, 15) is 5.11 Å². The highest BCUT2D eigenvalue weighted by Crippen LogP contribution is 2.59. The Labute approximate surface area is 386 Å². The number of phenols is 1. The van der Waals surface area contributed by atoms with Gasteiger partial charge in [0, 0.05) is 50.4 Å². The van der Waals surface area contributed by atoms with Crippen molar-refractivity contribution in [2.24, 2.45) is 0 Å². The van der Waals surface area contributed by atoms with Crippen LogP contribution in [-0.4, -0.2) is 5.11 Å². The van der Waals surface area contributed by atoms with Gasteiger partial charge in [-0.05, 0) is 77.7 Å². The first kappa shape index (κ1) is 50.5. The fourth-order valence-electron chi connectivity index (χ4n) is 8.34. The molecule has 0 radical (unpaired) electrons. The molecule has 0 bridgehead atoms. The number of benzene rings is 4. The van der Waals surface area contributed by atoms with Crippen molar-refractivity contribution in [2.75, 3.05) is 0 Å². The van der Waals surface area contributed by atoms with Crippen LogP contribution in [-0.2, 0) is 43.3 Å². The zero-order chi connectivity index (χ0) is 48.2. The van der Waals surface area contributed by atoms with Gasteiger partial charge in [0.15, 0.2) is 0 Å². The highest BCUT2D eigenvalue weighted by atomic mass is 31.2. The van der Waals surface area contributed by atoms with Crippen molar-refractivity contribution in [2.45, 2.75) is 222 Å². The molecule has 0 aliphatic carbocycles. The SMILES string of the molecule is CC1c2cc(C(C)(C)C)cc(C(C)(C)C)c2OP(Oc2c(-c3cc(C(C)(C)C)cc(C(C)(C)C)c3O)cc(C(C)(C)C)cc2C(C)(C)C)Oc2c1cc(C(C)(C)C)cc2C(C)(C)C. The molecule has 0 aromatic heterocycles. The van der Waals surface area contributed by atoms with Crippen molar-refractivity contribution >= 4 is 8.60 Å². The lowest BCUT2D eigenvalue weighted by molar-refractivity contribution is 0.362. The van der Waals surface area contributed by atoms with Gasteiger partial charge in [-0.1, -0.05) is 209 Å². The van der Waals surface area contributed by atoms with Gasteiger partial charge in [0.1, 0.15) is 23.0 Å². The van der Waals surface area contributed by atoms with Crippen molar-refractivity contribution < 1.29 is 18.7 Å². The average molecular weight is 877 g/mol. The van der Waals surface area contributed by atoms with Crippen molar-refractivity contribution in [1.82, 2.24) is 0 Å². The van der Waals surface area contributed by atoms with Crippen molar-refractivity contribution in [3.05, 3.63) is 104 Å². The zero-order valence-corrected chi connectivity index (χ0v) is 45.2. The molecule has 0 spiro atoms. The maximum atomic E-state index is 12.6. The molecule has 346 valence electrons. The predicted molar refractivity (Wildman–Crippen MR) is 272 cm³/mol. The summed E-state index contributed by atoms with van der Waals surface area (Å²) in [6, 6.07) is 18.4. The van der Waals surface area contributed by atoms with Crippen molar-refractivity contribution in [3.63, 3.8) is 0 Å². The highest BCUT2D eigenvalue weighted by Gasteiger charge is 2.40. The molecule has 1 aliphatic heterocycles. The summed E-state index contributed by atoms with van der Waals surface area (Å²) in [4.78, 5) is 0. The average Bonchev–Trinajstić information content (AvgIpc) is 3.07. The molecule has 0 unspecified atom stereocenters. The lowest BCUT2D eigenvalue weighted by Crippen LogP contribution is -2.24. The number of phenolic OH excluding ortho intramolecular Hbond substituents is 1. The molecule has 4 aromatic rings. The predicted octanol–water partition coefficient (Wildman–Crippen LogP) is 17.7. The third-order valence-corrected chi connectivity index (χ3v) is 13.8. The Hall–Kier alpha value is -3.49. The fourth-order valence-corrected chi connectivity index (χ4v) is 9.50. The van der Waals surface area contributed by atoms with E-state index in [2.05, 4.69) is 222 Å². The van der Waals surface area contributed by atoms with E-state index in [0.717, 1.165) is 61.6 Å². The summed E-state index contributed by atoms with van der Waals surface area (Å²) in [6.07, 6.45) is 0. The van der Waals surface area contributed by atoms with Crippen molar-refractivity contribution in [1.29, 1.82) is 0 Å². The molecule has 0 saturated carbocycles. The quantitative estimate of drug-likeness (QED) is 0.208. The van der Waals surface area contributed by atoms with Gasteiger partial charge in [-0.25, -0.2) is 0 Å². The largest absolute Gasteiger partial charge is 0.530 e. The van der Waals surface area contributed by atoms with Gasteiger partial charge in [0.2, 0.25) is 0 Å². The highest BCUT2D eigenvalue weighted by molar-refractivity contribution is 7.43. The van der Waals surface area contributed by atoms with E-state index in [4.69, 9.17) is 13.6 Å². The Morgan fingerprint density at radius 3 is 1.03 bits per heavy atom. The number of aromatic hydroxyl groups is 1. The number of hydrogen-bond acceptors (Lipinski definition) is 4. The fraction of sp³-hybridized carbons (Fsp3) is 0.586. The lowest BCUT2D eigenvalue weighted by atomic mass is 9.74. The molecule has 63 heavy (non-hydrogen) atoms. The third kappa shape index (κ3) is 10.6. The van der Waals surface area contributed by atoms with Crippen LogP contribution >= 0.6 is 8.60 Å². The summed E-state index contributed by atoms with van der Waals surface area (Å²) >= 11 is 0. The Morgan fingerprint density at radius 2 is 0.698 bits per heavy atom. The van der Waals surface area contributed by atoms with Crippen LogP contribution < -0.4 is 13.6 Å². The Bertz CT molecular complexity index is 2270. The van der Waals surface area contributed by atoms with Crippen LogP contribution in [0.1, 0.15) is 235 Å². The van der Waals surface area contributed by atoms with Crippen LogP contribution in [0.3, 0.4) is 0 Å². The van der Waals surface area contributed by atoms with E-state index in [0.29, 0.717) is 5.75 Å². The molecule has 5 heteroatoms. The molecule has 0 amide bonds. The van der Waals surface area contributed by atoms with Crippen LogP contribution in [0, 0.1) is 0 Å². The van der Waals surface area contributed by atoms with Gasteiger partial charge < -0.3 is 18.7 Å². The topological polar surface area (TPSA) is 47.9 Å². The van der Waals surface area contributed by atoms with E-state index >= 15 is 0 Å². The van der Waals surface area contributed by atoms with E-state index in [1.54, 1.807) is 0 Å². The van der Waals surface area contributed by atoms with Crippen LogP contribution in [0.2, 0.25) is 0 Å². The third-order valence-electron chi connectivity index (χ3n) is 12.9.